The van der Waals surface area contributed by atoms with E-state index >= 15 is 0 Å². The van der Waals surface area contributed by atoms with Gasteiger partial charge in [-0.05, 0) is 32.1 Å². The second-order valence-electron chi connectivity index (χ2n) is 5.25. The molecular weight excluding hydrogens is 202 g/mol. The third-order valence-electron chi connectivity index (χ3n) is 3.88. The summed E-state index contributed by atoms with van der Waals surface area (Å²) in [6.07, 6.45) is 5.88. The lowest BCUT2D eigenvalue weighted by atomic mass is 9.91. The van der Waals surface area contributed by atoms with Gasteiger partial charge in [-0.15, -0.1) is 0 Å². The lowest BCUT2D eigenvalue weighted by Gasteiger charge is -2.33. The zero-order chi connectivity index (χ0) is 11.5. The maximum Gasteiger partial charge on any atom is 0.217 e. The second kappa shape index (κ2) is 5.15. The number of likely N-dealkylation sites (tertiary alicyclic amines) is 1. The molecule has 1 aliphatic heterocycles. The molecule has 0 unspecified atom stereocenters. The third kappa shape index (κ3) is 2.95. The first kappa shape index (κ1) is 11.9. The molecule has 1 saturated carbocycles. The Morgan fingerprint density at radius 2 is 1.94 bits per heavy atom. The van der Waals surface area contributed by atoms with Gasteiger partial charge in [-0.1, -0.05) is 0 Å². The van der Waals surface area contributed by atoms with Gasteiger partial charge in [-0.2, -0.15) is 0 Å². The highest BCUT2D eigenvalue weighted by Gasteiger charge is 2.30. The van der Waals surface area contributed by atoms with E-state index in [1.165, 1.54) is 12.8 Å². The fourth-order valence-corrected chi connectivity index (χ4v) is 2.99. The topological polar surface area (TPSA) is 58.4 Å². The average Bonchev–Trinajstić information content (AvgIpc) is 2.66. The Kier molecular flexibility index (Phi) is 3.82. The van der Waals surface area contributed by atoms with Gasteiger partial charge < -0.3 is 11.1 Å². The Bertz CT molecular complexity index is 249. The summed E-state index contributed by atoms with van der Waals surface area (Å²) in [4.78, 5) is 13.5. The molecule has 2 aliphatic rings. The van der Waals surface area contributed by atoms with E-state index in [4.69, 9.17) is 5.73 Å². The van der Waals surface area contributed by atoms with Crippen molar-refractivity contribution in [3.8, 4) is 0 Å². The van der Waals surface area contributed by atoms with Crippen LogP contribution in [0.25, 0.3) is 0 Å². The van der Waals surface area contributed by atoms with Crippen LogP contribution in [0, 0.1) is 0 Å². The van der Waals surface area contributed by atoms with Crippen molar-refractivity contribution in [2.45, 2.75) is 57.2 Å². The van der Waals surface area contributed by atoms with E-state index in [1.54, 1.807) is 6.92 Å². The van der Waals surface area contributed by atoms with Gasteiger partial charge in [0.2, 0.25) is 5.91 Å². The van der Waals surface area contributed by atoms with Gasteiger partial charge in [0.05, 0.1) is 0 Å². The van der Waals surface area contributed by atoms with Gasteiger partial charge in [-0.3, -0.25) is 9.69 Å². The van der Waals surface area contributed by atoms with Crippen LogP contribution in [0.1, 0.15) is 39.0 Å². The molecule has 92 valence electrons. The van der Waals surface area contributed by atoms with Crippen molar-refractivity contribution in [2.75, 3.05) is 13.1 Å². The maximum absolute atomic E-state index is 11.0. The molecule has 16 heavy (non-hydrogen) atoms. The van der Waals surface area contributed by atoms with Crippen molar-refractivity contribution in [3.63, 3.8) is 0 Å². The molecule has 1 aliphatic carbocycles. The third-order valence-corrected chi connectivity index (χ3v) is 3.88. The Hall–Kier alpha value is -0.610. The predicted molar refractivity (Wildman–Crippen MR) is 64.0 cm³/mol. The molecule has 0 aromatic heterocycles. The predicted octanol–water partition coefficient (Wildman–Crippen LogP) is 0.467. The molecule has 0 bridgehead atoms. The van der Waals surface area contributed by atoms with Crippen molar-refractivity contribution in [1.29, 1.82) is 0 Å². The number of hydrogen-bond donors (Lipinski definition) is 2. The smallest absolute Gasteiger partial charge is 0.217 e. The summed E-state index contributed by atoms with van der Waals surface area (Å²) >= 11 is 0. The molecular formula is C12H23N3O. The van der Waals surface area contributed by atoms with Gasteiger partial charge in [0, 0.05) is 38.1 Å². The van der Waals surface area contributed by atoms with Crippen molar-refractivity contribution in [2.24, 2.45) is 5.73 Å². The van der Waals surface area contributed by atoms with E-state index < -0.39 is 0 Å². The Morgan fingerprint density at radius 3 is 2.56 bits per heavy atom. The monoisotopic (exact) mass is 225 g/mol. The van der Waals surface area contributed by atoms with Crippen LogP contribution in [0.15, 0.2) is 0 Å². The molecule has 1 amide bonds. The first-order valence-electron chi connectivity index (χ1n) is 6.42. The van der Waals surface area contributed by atoms with Crippen molar-refractivity contribution >= 4 is 5.91 Å². The van der Waals surface area contributed by atoms with Crippen LogP contribution in [-0.2, 0) is 4.79 Å². The summed E-state index contributed by atoms with van der Waals surface area (Å²) in [5.41, 5.74) is 5.91. The Balaban J connectivity index is 1.77. The quantitative estimate of drug-likeness (QED) is 0.718. The SMILES string of the molecule is CC(=O)N[C@H]1CCN(C2CCC(N)CC2)C1. The minimum atomic E-state index is 0.0949. The highest BCUT2D eigenvalue weighted by atomic mass is 16.1. The standard InChI is InChI=1S/C12H23N3O/c1-9(16)14-11-6-7-15(8-11)12-4-2-10(13)3-5-12/h10-12H,2-8,13H2,1H3,(H,14,16)/t10?,11-,12?/m0/s1. The first-order chi connectivity index (χ1) is 7.65. The maximum atomic E-state index is 11.0. The van der Waals surface area contributed by atoms with E-state index in [9.17, 15) is 4.79 Å². The fourth-order valence-electron chi connectivity index (χ4n) is 2.99. The van der Waals surface area contributed by atoms with Gasteiger partial charge in [0.1, 0.15) is 0 Å². The van der Waals surface area contributed by atoms with Crippen molar-refractivity contribution < 1.29 is 4.79 Å². The fraction of sp³-hybridized carbons (Fsp3) is 0.917. The lowest BCUT2D eigenvalue weighted by Crippen LogP contribution is -2.42. The first-order valence-corrected chi connectivity index (χ1v) is 6.42. The summed E-state index contributed by atoms with van der Waals surface area (Å²) in [5.74, 6) is 0.0949. The molecule has 0 aromatic rings. The van der Waals surface area contributed by atoms with Crippen LogP contribution in [0.3, 0.4) is 0 Å². The molecule has 2 fully saturated rings. The largest absolute Gasteiger partial charge is 0.352 e. The number of amides is 1. The molecule has 0 spiro atoms. The molecule has 2 rings (SSSR count). The molecule has 1 atom stereocenters. The minimum absolute atomic E-state index is 0.0949. The van der Waals surface area contributed by atoms with E-state index in [0.29, 0.717) is 18.1 Å². The normalized spacial score (nSPS) is 36.2. The van der Waals surface area contributed by atoms with Gasteiger partial charge in [0.15, 0.2) is 0 Å². The molecule has 0 radical (unpaired) electrons. The van der Waals surface area contributed by atoms with Gasteiger partial charge >= 0.3 is 0 Å². The lowest BCUT2D eigenvalue weighted by molar-refractivity contribution is -0.119. The molecule has 3 N–H and O–H groups in total. The Labute approximate surface area is 97.6 Å². The number of nitrogens with two attached hydrogens (primary N) is 1. The summed E-state index contributed by atoms with van der Waals surface area (Å²) < 4.78 is 0. The van der Waals surface area contributed by atoms with E-state index in [0.717, 1.165) is 32.4 Å². The summed E-state index contributed by atoms with van der Waals surface area (Å²) in [5, 5.41) is 3.01. The van der Waals surface area contributed by atoms with Crippen LogP contribution in [-0.4, -0.2) is 42.0 Å². The van der Waals surface area contributed by atoms with E-state index in [2.05, 4.69) is 10.2 Å². The van der Waals surface area contributed by atoms with Crippen molar-refractivity contribution in [1.82, 2.24) is 10.2 Å². The average molecular weight is 225 g/mol. The molecule has 4 nitrogen and oxygen atoms in total. The number of carbonyl (C=O) groups excluding carboxylic acids is 1. The van der Waals surface area contributed by atoms with Crippen LogP contribution in [0.5, 0.6) is 0 Å². The van der Waals surface area contributed by atoms with Gasteiger partial charge in [-0.25, -0.2) is 0 Å². The Morgan fingerprint density at radius 1 is 1.25 bits per heavy atom. The van der Waals surface area contributed by atoms with E-state index in [-0.39, 0.29) is 5.91 Å². The zero-order valence-electron chi connectivity index (χ0n) is 10.1. The highest BCUT2D eigenvalue weighted by Crippen LogP contribution is 2.25. The number of nitrogens with zero attached hydrogens (tertiary/aromatic N) is 1. The summed E-state index contributed by atoms with van der Waals surface area (Å²) in [6, 6.07) is 1.50. The van der Waals surface area contributed by atoms with Crippen LogP contribution < -0.4 is 11.1 Å². The second-order valence-corrected chi connectivity index (χ2v) is 5.25. The molecule has 1 saturated heterocycles. The van der Waals surface area contributed by atoms with Crippen LogP contribution in [0.4, 0.5) is 0 Å². The minimum Gasteiger partial charge on any atom is -0.352 e. The molecule has 4 heteroatoms. The van der Waals surface area contributed by atoms with Gasteiger partial charge in [0.25, 0.3) is 0 Å². The number of nitrogens with one attached hydrogen (secondary N) is 1. The number of carbonyl (C=O) groups is 1. The zero-order valence-corrected chi connectivity index (χ0v) is 10.1. The number of rotatable bonds is 2. The van der Waals surface area contributed by atoms with Crippen LogP contribution >= 0.6 is 0 Å². The van der Waals surface area contributed by atoms with Crippen molar-refractivity contribution in [3.05, 3.63) is 0 Å². The van der Waals surface area contributed by atoms with E-state index in [1.807, 2.05) is 0 Å². The molecule has 0 aromatic carbocycles. The summed E-state index contributed by atoms with van der Waals surface area (Å²) in [7, 11) is 0. The number of hydrogen-bond acceptors (Lipinski definition) is 3. The summed E-state index contributed by atoms with van der Waals surface area (Å²) in [6.45, 7) is 3.76. The molecule has 1 heterocycles. The highest BCUT2D eigenvalue weighted by molar-refractivity contribution is 5.73. The van der Waals surface area contributed by atoms with Crippen LogP contribution in [0.2, 0.25) is 0 Å².